The number of hydrogen-bond acceptors (Lipinski definition) is 11. The van der Waals surface area contributed by atoms with Crippen molar-refractivity contribution in [3.05, 3.63) is 100 Å². The van der Waals surface area contributed by atoms with Crippen molar-refractivity contribution < 1.29 is 37.7 Å². The van der Waals surface area contributed by atoms with Crippen LogP contribution in [0.4, 0.5) is 19.7 Å². The van der Waals surface area contributed by atoms with Gasteiger partial charge in [-0.3, -0.25) is 24.7 Å². The summed E-state index contributed by atoms with van der Waals surface area (Å²) in [5.41, 5.74) is 4.56. The van der Waals surface area contributed by atoms with Gasteiger partial charge in [0.15, 0.2) is 17.4 Å². The summed E-state index contributed by atoms with van der Waals surface area (Å²) in [6.07, 6.45) is 0.612. The van der Waals surface area contributed by atoms with E-state index in [1.807, 2.05) is 86.9 Å². The highest BCUT2D eigenvalue weighted by Gasteiger charge is 2.39. The van der Waals surface area contributed by atoms with Crippen LogP contribution in [0.3, 0.4) is 0 Å². The van der Waals surface area contributed by atoms with E-state index in [1.165, 1.54) is 11.3 Å². The van der Waals surface area contributed by atoms with E-state index in [4.69, 9.17) is 14.5 Å². The number of pyridine rings is 1. The number of fused-ring (bicyclic) bond motifs is 2. The first-order valence-electron chi connectivity index (χ1n) is 21.0. The van der Waals surface area contributed by atoms with Gasteiger partial charge in [0, 0.05) is 49.4 Å². The molecule has 12 nitrogen and oxygen atoms in total. The molecule has 0 bridgehead atoms. The fraction of sp³-hybridized carbons (Fsp3) is 0.426. The van der Waals surface area contributed by atoms with Crippen molar-refractivity contribution in [2.45, 2.75) is 84.9 Å². The number of rotatable bonds is 13. The van der Waals surface area contributed by atoms with Gasteiger partial charge in [-0.15, -0.1) is 0 Å². The molecule has 0 saturated carbocycles. The van der Waals surface area contributed by atoms with Crippen LogP contribution in [0.25, 0.3) is 21.3 Å². The standard InChI is InChI=1S/C47H54F2N6O6S/c1-8-60-40(56)25-55-28(2)22-53(23-29(55)3)26-47(48,49)27-61-37-17-12-14-32(30(37)4)41-35(46(5,6)7)21-39(51-42(41)44(58)59)54-20-19-31-13-11-15-33(34(31)24-54)43(57)52-45-50-36-16-9-10-18-38(36)62-45/h9-18,21,28-29H,8,19-20,22-27H2,1-7H3,(H,58,59)(H,50,52,57)/t28-,29+. The molecule has 4 heterocycles. The van der Waals surface area contributed by atoms with Gasteiger partial charge < -0.3 is 19.5 Å². The molecule has 15 heteroatoms. The number of para-hydroxylation sites is 1. The fourth-order valence-electron chi connectivity index (χ4n) is 8.65. The third-order valence-corrected chi connectivity index (χ3v) is 12.6. The molecule has 3 aromatic carbocycles. The number of halogens is 2. The molecule has 2 N–H and O–H groups in total. The zero-order valence-electron chi connectivity index (χ0n) is 36.3. The van der Waals surface area contributed by atoms with Crippen molar-refractivity contribution in [3.8, 4) is 16.9 Å². The first-order chi connectivity index (χ1) is 29.4. The largest absolute Gasteiger partial charge is 0.487 e. The van der Waals surface area contributed by atoms with E-state index in [-0.39, 0.29) is 48.6 Å². The molecule has 0 unspecified atom stereocenters. The van der Waals surface area contributed by atoms with E-state index >= 15 is 8.78 Å². The van der Waals surface area contributed by atoms with Crippen molar-refractivity contribution >= 4 is 50.3 Å². The van der Waals surface area contributed by atoms with Gasteiger partial charge in [-0.2, -0.15) is 0 Å². The topological polar surface area (TPSA) is 137 Å². The number of carbonyl (C=O) groups is 3. The van der Waals surface area contributed by atoms with Crippen molar-refractivity contribution in [1.82, 2.24) is 19.8 Å². The number of alkyl halides is 2. The number of nitrogens with one attached hydrogen (secondary N) is 1. The minimum atomic E-state index is -3.21. The number of benzene rings is 3. The second kappa shape index (κ2) is 18.1. The lowest BCUT2D eigenvalue weighted by Gasteiger charge is -2.44. The monoisotopic (exact) mass is 868 g/mol. The van der Waals surface area contributed by atoms with E-state index in [0.717, 1.165) is 21.3 Å². The number of aromatic carboxylic acids is 1. The number of piperazine rings is 1. The molecule has 5 aromatic rings. The molecule has 0 aliphatic carbocycles. The molecule has 0 radical (unpaired) electrons. The summed E-state index contributed by atoms with van der Waals surface area (Å²) in [4.78, 5) is 54.1. The number of esters is 1. The predicted molar refractivity (Wildman–Crippen MR) is 238 cm³/mol. The summed E-state index contributed by atoms with van der Waals surface area (Å²) in [6.45, 7) is 13.9. The first-order valence-corrected chi connectivity index (χ1v) is 21.8. The summed E-state index contributed by atoms with van der Waals surface area (Å²) in [7, 11) is 0. The van der Waals surface area contributed by atoms with Crippen molar-refractivity contribution in [2.24, 2.45) is 0 Å². The number of carbonyl (C=O) groups excluding carboxylic acids is 2. The Morgan fingerprint density at radius 3 is 2.40 bits per heavy atom. The van der Waals surface area contributed by atoms with Gasteiger partial charge in [0.05, 0.1) is 29.9 Å². The van der Waals surface area contributed by atoms with Gasteiger partial charge in [0.25, 0.3) is 11.8 Å². The lowest BCUT2D eigenvalue weighted by atomic mass is 9.80. The summed E-state index contributed by atoms with van der Waals surface area (Å²) < 4.78 is 43.2. The lowest BCUT2D eigenvalue weighted by Crippen LogP contribution is -2.59. The van der Waals surface area contributed by atoms with Crippen LogP contribution in [0.1, 0.15) is 84.6 Å². The third kappa shape index (κ3) is 9.74. The Bertz CT molecular complexity index is 2440. The number of aromatic nitrogens is 2. The third-order valence-electron chi connectivity index (χ3n) is 11.6. The SMILES string of the molecule is CCOC(=O)CN1[C@H](C)CN(CC(F)(F)COc2cccc(-c3c(C(C)(C)C)cc(N4CCc5cccc(C(=O)Nc6nc7ccccc7s6)c5C4)nc3C(=O)O)c2C)C[C@@H]1C. The molecule has 1 saturated heterocycles. The van der Waals surface area contributed by atoms with Crippen LogP contribution in [-0.2, 0) is 27.9 Å². The normalized spacial score (nSPS) is 17.5. The van der Waals surface area contributed by atoms with Crippen LogP contribution in [0.2, 0.25) is 0 Å². The zero-order chi connectivity index (χ0) is 44.5. The van der Waals surface area contributed by atoms with Crippen LogP contribution in [0.15, 0.2) is 66.7 Å². The lowest BCUT2D eigenvalue weighted by molar-refractivity contribution is -0.147. The van der Waals surface area contributed by atoms with Crippen LogP contribution < -0.4 is 15.0 Å². The number of anilines is 2. The maximum absolute atomic E-state index is 15.7. The summed E-state index contributed by atoms with van der Waals surface area (Å²) in [6, 6.07) is 20.1. The van der Waals surface area contributed by atoms with Gasteiger partial charge in [-0.1, -0.05) is 68.5 Å². The summed E-state index contributed by atoms with van der Waals surface area (Å²) in [5.74, 6) is -4.38. The van der Waals surface area contributed by atoms with E-state index < -0.39 is 30.5 Å². The Hall–Kier alpha value is -5.51. The van der Waals surface area contributed by atoms with Gasteiger partial charge in [0.2, 0.25) is 0 Å². The number of carboxylic acids is 1. The summed E-state index contributed by atoms with van der Waals surface area (Å²) in [5, 5.41) is 14.2. The Kier molecular flexibility index (Phi) is 13.0. The molecular formula is C47H54F2N6O6S. The number of thiazole rings is 1. The molecule has 0 spiro atoms. The minimum Gasteiger partial charge on any atom is -0.487 e. The van der Waals surface area contributed by atoms with E-state index in [0.29, 0.717) is 71.4 Å². The number of hydrogen-bond donors (Lipinski definition) is 2. The molecule has 2 aromatic heterocycles. The van der Waals surface area contributed by atoms with E-state index in [2.05, 4.69) is 10.3 Å². The van der Waals surface area contributed by atoms with Crippen molar-refractivity contribution in [2.75, 3.05) is 56.2 Å². The Morgan fingerprint density at radius 2 is 1.71 bits per heavy atom. The average Bonchev–Trinajstić information content (AvgIpc) is 3.63. The van der Waals surface area contributed by atoms with Gasteiger partial charge in [-0.05, 0) is 97.7 Å². The molecular weight excluding hydrogens is 815 g/mol. The van der Waals surface area contributed by atoms with Crippen LogP contribution in [0, 0.1) is 6.92 Å². The highest BCUT2D eigenvalue weighted by Crippen LogP contribution is 2.42. The number of nitrogens with zero attached hydrogens (tertiary/aromatic N) is 5. The zero-order valence-corrected chi connectivity index (χ0v) is 37.1. The quantitative estimate of drug-likeness (QED) is 0.110. The highest BCUT2D eigenvalue weighted by atomic mass is 32.1. The van der Waals surface area contributed by atoms with Gasteiger partial charge >= 0.3 is 11.9 Å². The molecule has 2 aliphatic rings. The fourth-order valence-corrected chi connectivity index (χ4v) is 9.51. The van der Waals surface area contributed by atoms with Crippen molar-refractivity contribution in [1.29, 1.82) is 0 Å². The maximum Gasteiger partial charge on any atom is 0.355 e. The van der Waals surface area contributed by atoms with Gasteiger partial charge in [0.1, 0.15) is 11.6 Å². The molecule has 2 atom stereocenters. The van der Waals surface area contributed by atoms with Crippen LogP contribution in [0.5, 0.6) is 5.75 Å². The molecule has 328 valence electrons. The molecule has 1 fully saturated rings. The van der Waals surface area contributed by atoms with Gasteiger partial charge in [-0.25, -0.2) is 23.5 Å². The highest BCUT2D eigenvalue weighted by molar-refractivity contribution is 7.22. The second-order valence-corrected chi connectivity index (χ2v) is 18.3. The van der Waals surface area contributed by atoms with Crippen molar-refractivity contribution in [3.63, 3.8) is 0 Å². The number of carboxylic acid groups (broad SMARTS) is 1. The number of ether oxygens (including phenoxy) is 2. The van der Waals surface area contributed by atoms with E-state index in [9.17, 15) is 19.5 Å². The Labute approximate surface area is 364 Å². The Morgan fingerprint density at radius 1 is 0.984 bits per heavy atom. The van der Waals surface area contributed by atoms with E-state index in [1.54, 1.807) is 43.0 Å². The molecule has 1 amide bonds. The average molecular weight is 869 g/mol. The number of amides is 1. The summed E-state index contributed by atoms with van der Waals surface area (Å²) >= 11 is 1.40. The Balaban J connectivity index is 1.12. The smallest absolute Gasteiger partial charge is 0.355 e. The predicted octanol–water partition coefficient (Wildman–Crippen LogP) is 8.45. The maximum atomic E-state index is 15.7. The minimum absolute atomic E-state index is 0.110. The second-order valence-electron chi connectivity index (χ2n) is 17.3. The van der Waals surface area contributed by atoms with Crippen LogP contribution >= 0.6 is 11.3 Å². The molecule has 2 aliphatic heterocycles. The molecule has 62 heavy (non-hydrogen) atoms. The van der Waals surface area contributed by atoms with Crippen LogP contribution in [-0.4, -0.2) is 107 Å². The molecule has 7 rings (SSSR count). The first kappa shape index (κ1) is 44.5.